The molecule has 3 aromatic rings. The highest BCUT2D eigenvalue weighted by Crippen LogP contribution is 2.38. The van der Waals surface area contributed by atoms with E-state index in [1.165, 1.54) is 6.07 Å². The third-order valence-corrected chi connectivity index (χ3v) is 5.48. The molecule has 0 aromatic heterocycles. The Bertz CT molecular complexity index is 966. The van der Waals surface area contributed by atoms with Crippen LogP contribution in [0.2, 0.25) is 0 Å². The monoisotopic (exact) mass is 363 g/mol. The van der Waals surface area contributed by atoms with Crippen molar-refractivity contribution >= 4 is 16.7 Å². The van der Waals surface area contributed by atoms with E-state index in [0.29, 0.717) is 18.5 Å². The number of carbonyl (C=O) groups is 1. The average molecular weight is 363 g/mol. The van der Waals surface area contributed by atoms with Crippen LogP contribution < -0.4 is 0 Å². The van der Waals surface area contributed by atoms with Crippen molar-refractivity contribution in [2.75, 3.05) is 6.54 Å². The number of rotatable bonds is 4. The van der Waals surface area contributed by atoms with Crippen LogP contribution in [0.1, 0.15) is 36.4 Å². The molecule has 0 amide bonds. The largest absolute Gasteiger partial charge is 0.480 e. The van der Waals surface area contributed by atoms with Crippen molar-refractivity contribution in [2.24, 2.45) is 0 Å². The number of fused-ring (bicyclic) bond motifs is 1. The number of likely N-dealkylation sites (tertiary alicyclic amines) is 1. The predicted molar refractivity (Wildman–Crippen MR) is 104 cm³/mol. The van der Waals surface area contributed by atoms with Gasteiger partial charge in [0, 0.05) is 5.56 Å². The van der Waals surface area contributed by atoms with Gasteiger partial charge in [0.25, 0.3) is 0 Å². The van der Waals surface area contributed by atoms with Crippen LogP contribution >= 0.6 is 0 Å². The minimum absolute atomic E-state index is 0.301. The summed E-state index contributed by atoms with van der Waals surface area (Å²) in [5.74, 6) is -1.14. The molecule has 0 bridgehead atoms. The van der Waals surface area contributed by atoms with Crippen LogP contribution in [0.5, 0.6) is 0 Å². The zero-order valence-corrected chi connectivity index (χ0v) is 15.0. The van der Waals surface area contributed by atoms with Crippen LogP contribution in [0.4, 0.5) is 4.39 Å². The van der Waals surface area contributed by atoms with E-state index >= 15 is 0 Å². The topological polar surface area (TPSA) is 40.5 Å². The lowest BCUT2D eigenvalue weighted by molar-refractivity contribution is -0.145. The molecular formula is C23H22FNO2. The summed E-state index contributed by atoms with van der Waals surface area (Å²) in [6, 6.07) is 19.7. The molecule has 27 heavy (non-hydrogen) atoms. The number of piperidine rings is 1. The number of hydrogen-bond donors (Lipinski definition) is 1. The third-order valence-electron chi connectivity index (χ3n) is 5.48. The van der Waals surface area contributed by atoms with Crippen LogP contribution in [0, 0.1) is 5.82 Å². The lowest BCUT2D eigenvalue weighted by Crippen LogP contribution is -2.47. The predicted octanol–water partition coefficient (Wildman–Crippen LogP) is 5.01. The Morgan fingerprint density at radius 1 is 0.963 bits per heavy atom. The zero-order valence-electron chi connectivity index (χ0n) is 15.0. The summed E-state index contributed by atoms with van der Waals surface area (Å²) in [4.78, 5) is 13.9. The van der Waals surface area contributed by atoms with Crippen molar-refractivity contribution in [1.82, 2.24) is 4.90 Å². The van der Waals surface area contributed by atoms with E-state index in [1.54, 1.807) is 12.1 Å². The lowest BCUT2D eigenvalue weighted by atomic mass is 9.89. The Kier molecular flexibility index (Phi) is 4.90. The summed E-state index contributed by atoms with van der Waals surface area (Å²) in [5.41, 5.74) is 1.48. The first-order valence-corrected chi connectivity index (χ1v) is 9.37. The van der Waals surface area contributed by atoms with Crippen LogP contribution in [-0.2, 0) is 4.79 Å². The summed E-state index contributed by atoms with van der Waals surface area (Å²) in [6.07, 6.45) is 2.39. The maximum absolute atomic E-state index is 14.8. The maximum atomic E-state index is 14.8. The number of nitrogens with zero attached hydrogens (tertiary/aromatic N) is 1. The molecule has 0 radical (unpaired) electrons. The molecule has 4 heteroatoms. The van der Waals surface area contributed by atoms with E-state index in [4.69, 9.17) is 0 Å². The van der Waals surface area contributed by atoms with Crippen LogP contribution in [0.15, 0.2) is 66.7 Å². The SMILES string of the molecule is O=C(O)C1CCCCN1C(c1ccccc1F)c1cccc2ccccc12. The summed E-state index contributed by atoms with van der Waals surface area (Å²) in [7, 11) is 0. The zero-order chi connectivity index (χ0) is 18.8. The van der Waals surface area contributed by atoms with Gasteiger partial charge in [0.05, 0.1) is 6.04 Å². The molecule has 3 aromatic carbocycles. The Morgan fingerprint density at radius 2 is 1.67 bits per heavy atom. The molecule has 1 heterocycles. The van der Waals surface area contributed by atoms with Gasteiger partial charge in [0.2, 0.25) is 0 Å². The molecule has 1 N–H and O–H groups in total. The number of aliphatic carboxylic acids is 1. The van der Waals surface area contributed by atoms with E-state index in [0.717, 1.165) is 29.2 Å². The van der Waals surface area contributed by atoms with Crippen LogP contribution in [0.3, 0.4) is 0 Å². The van der Waals surface area contributed by atoms with Gasteiger partial charge in [-0.25, -0.2) is 4.39 Å². The average Bonchev–Trinajstić information content (AvgIpc) is 2.70. The smallest absolute Gasteiger partial charge is 0.320 e. The number of carboxylic acids is 1. The van der Waals surface area contributed by atoms with E-state index in [2.05, 4.69) is 0 Å². The summed E-state index contributed by atoms with van der Waals surface area (Å²) >= 11 is 0. The van der Waals surface area contributed by atoms with Gasteiger partial charge in [0.15, 0.2) is 0 Å². The minimum atomic E-state index is -0.837. The second-order valence-electron chi connectivity index (χ2n) is 7.08. The Morgan fingerprint density at radius 3 is 2.48 bits per heavy atom. The molecule has 1 aliphatic rings. The normalized spacial score (nSPS) is 19.1. The van der Waals surface area contributed by atoms with Gasteiger partial charge >= 0.3 is 5.97 Å². The van der Waals surface area contributed by atoms with E-state index in [9.17, 15) is 14.3 Å². The Balaban J connectivity index is 1.93. The molecule has 138 valence electrons. The molecule has 4 rings (SSSR count). The molecule has 3 nitrogen and oxygen atoms in total. The Labute approximate surface area is 158 Å². The highest BCUT2D eigenvalue weighted by atomic mass is 19.1. The summed E-state index contributed by atoms with van der Waals surface area (Å²) < 4.78 is 14.8. The van der Waals surface area contributed by atoms with E-state index in [1.807, 2.05) is 53.4 Å². The second-order valence-corrected chi connectivity index (χ2v) is 7.08. The van der Waals surface area contributed by atoms with E-state index < -0.39 is 18.1 Å². The first-order chi connectivity index (χ1) is 13.2. The fourth-order valence-electron chi connectivity index (χ4n) is 4.24. The van der Waals surface area contributed by atoms with Crippen molar-refractivity contribution in [3.63, 3.8) is 0 Å². The van der Waals surface area contributed by atoms with Crippen LogP contribution in [0.25, 0.3) is 10.8 Å². The third kappa shape index (κ3) is 3.33. The number of benzene rings is 3. The first kappa shape index (κ1) is 17.7. The van der Waals surface area contributed by atoms with Gasteiger partial charge in [-0.3, -0.25) is 9.69 Å². The highest BCUT2D eigenvalue weighted by Gasteiger charge is 2.36. The minimum Gasteiger partial charge on any atom is -0.480 e. The van der Waals surface area contributed by atoms with Gasteiger partial charge in [-0.1, -0.05) is 67.1 Å². The Hall–Kier alpha value is -2.72. The van der Waals surface area contributed by atoms with Gasteiger partial charge in [-0.05, 0) is 41.8 Å². The summed E-state index contributed by atoms with van der Waals surface area (Å²) in [5, 5.41) is 11.9. The molecule has 2 atom stereocenters. The fraction of sp³-hybridized carbons (Fsp3) is 0.261. The molecule has 0 saturated carbocycles. The highest BCUT2D eigenvalue weighted by molar-refractivity contribution is 5.86. The van der Waals surface area contributed by atoms with Crippen molar-refractivity contribution in [1.29, 1.82) is 0 Å². The van der Waals surface area contributed by atoms with Crippen molar-refractivity contribution in [3.8, 4) is 0 Å². The molecule has 0 aliphatic carbocycles. The van der Waals surface area contributed by atoms with Gasteiger partial charge in [-0.15, -0.1) is 0 Å². The van der Waals surface area contributed by atoms with Gasteiger partial charge in [-0.2, -0.15) is 0 Å². The number of halogens is 1. The van der Waals surface area contributed by atoms with Gasteiger partial charge < -0.3 is 5.11 Å². The van der Waals surface area contributed by atoms with Crippen molar-refractivity contribution in [2.45, 2.75) is 31.3 Å². The molecule has 2 unspecified atom stereocenters. The molecule has 0 spiro atoms. The molecule has 1 saturated heterocycles. The van der Waals surface area contributed by atoms with Crippen LogP contribution in [-0.4, -0.2) is 28.6 Å². The maximum Gasteiger partial charge on any atom is 0.320 e. The molecular weight excluding hydrogens is 341 g/mol. The summed E-state index contributed by atoms with van der Waals surface area (Å²) in [6.45, 7) is 0.638. The van der Waals surface area contributed by atoms with Crippen molar-refractivity contribution < 1.29 is 14.3 Å². The first-order valence-electron chi connectivity index (χ1n) is 9.37. The number of hydrogen-bond acceptors (Lipinski definition) is 2. The lowest BCUT2D eigenvalue weighted by Gasteiger charge is -2.40. The standard InChI is InChI=1S/C23H22FNO2/c24-20-13-4-3-11-19(20)22(25-15-6-5-14-21(25)23(26)27)18-12-7-9-16-8-1-2-10-17(16)18/h1-4,7-13,21-22H,5-6,14-15H2,(H,26,27). The fourth-order valence-corrected chi connectivity index (χ4v) is 4.24. The molecule has 1 fully saturated rings. The molecule has 1 aliphatic heterocycles. The van der Waals surface area contributed by atoms with Crippen molar-refractivity contribution in [3.05, 3.63) is 83.7 Å². The van der Waals surface area contributed by atoms with Gasteiger partial charge in [0.1, 0.15) is 11.9 Å². The number of carboxylic acid groups (broad SMARTS) is 1. The van der Waals surface area contributed by atoms with E-state index in [-0.39, 0.29) is 5.82 Å². The second kappa shape index (κ2) is 7.49. The quantitative estimate of drug-likeness (QED) is 0.708.